The van der Waals surface area contributed by atoms with E-state index in [-0.39, 0.29) is 0 Å². The highest BCUT2D eigenvalue weighted by molar-refractivity contribution is 7.17. The lowest BCUT2D eigenvalue weighted by molar-refractivity contribution is 0.247. The van der Waals surface area contributed by atoms with Crippen LogP contribution in [0.2, 0.25) is 0 Å². The third-order valence-corrected chi connectivity index (χ3v) is 3.21. The van der Waals surface area contributed by atoms with Gasteiger partial charge in [-0.2, -0.15) is 0 Å². The predicted octanol–water partition coefficient (Wildman–Crippen LogP) is 4.49. The van der Waals surface area contributed by atoms with Gasteiger partial charge in [0.05, 0.1) is 0 Å². The van der Waals surface area contributed by atoms with Crippen molar-refractivity contribution in [2.75, 3.05) is 0 Å². The molecule has 3 unspecified atom stereocenters. The van der Waals surface area contributed by atoms with E-state index in [2.05, 4.69) is 43.9 Å². The van der Waals surface area contributed by atoms with E-state index in [1.165, 1.54) is 25.7 Å². The van der Waals surface area contributed by atoms with Crippen molar-refractivity contribution >= 4 is 9.24 Å². The standard InChI is InChI=1S/C12H27P/c1-6-10(2)9-12(4,5)8-7-11(3)13/h10-11H,6-9,13H2,1-5H3. The maximum absolute atomic E-state index is 2.89. The average Bonchev–Trinajstić information content (AvgIpc) is 2.00. The summed E-state index contributed by atoms with van der Waals surface area (Å²) in [6.07, 6.45) is 5.40. The van der Waals surface area contributed by atoms with Crippen LogP contribution in [0.3, 0.4) is 0 Å². The van der Waals surface area contributed by atoms with Crippen LogP contribution in [0.15, 0.2) is 0 Å². The molecular formula is C12H27P. The Morgan fingerprint density at radius 2 is 1.77 bits per heavy atom. The first-order valence-corrected chi connectivity index (χ1v) is 6.29. The van der Waals surface area contributed by atoms with Gasteiger partial charge in [-0.3, -0.25) is 0 Å². The summed E-state index contributed by atoms with van der Waals surface area (Å²) < 4.78 is 0. The van der Waals surface area contributed by atoms with Gasteiger partial charge in [0.1, 0.15) is 0 Å². The highest BCUT2D eigenvalue weighted by atomic mass is 31.0. The Morgan fingerprint density at radius 1 is 1.23 bits per heavy atom. The van der Waals surface area contributed by atoms with E-state index in [9.17, 15) is 0 Å². The van der Waals surface area contributed by atoms with E-state index in [4.69, 9.17) is 0 Å². The first-order chi connectivity index (χ1) is 5.87. The Hall–Kier alpha value is 0.430. The molecule has 0 aromatic carbocycles. The van der Waals surface area contributed by atoms with Crippen molar-refractivity contribution in [3.05, 3.63) is 0 Å². The molecule has 0 bridgehead atoms. The van der Waals surface area contributed by atoms with Crippen molar-refractivity contribution in [3.63, 3.8) is 0 Å². The second-order valence-corrected chi connectivity index (χ2v) is 6.54. The van der Waals surface area contributed by atoms with Gasteiger partial charge in [-0.15, -0.1) is 9.24 Å². The van der Waals surface area contributed by atoms with Crippen LogP contribution >= 0.6 is 9.24 Å². The Bertz CT molecular complexity index is 127. The molecule has 0 spiro atoms. The van der Waals surface area contributed by atoms with Gasteiger partial charge in [0, 0.05) is 0 Å². The fourth-order valence-electron chi connectivity index (χ4n) is 1.81. The minimum Gasteiger partial charge on any atom is -0.135 e. The second-order valence-electron chi connectivity index (χ2n) is 5.40. The SMILES string of the molecule is CCC(C)CC(C)(C)CCC(C)P. The highest BCUT2D eigenvalue weighted by Crippen LogP contribution is 2.32. The molecule has 0 nitrogen and oxygen atoms in total. The van der Waals surface area contributed by atoms with Gasteiger partial charge in [0.25, 0.3) is 0 Å². The van der Waals surface area contributed by atoms with Crippen LogP contribution in [-0.4, -0.2) is 5.66 Å². The fraction of sp³-hybridized carbons (Fsp3) is 1.00. The van der Waals surface area contributed by atoms with Crippen molar-refractivity contribution in [1.29, 1.82) is 0 Å². The summed E-state index contributed by atoms with van der Waals surface area (Å²) in [6, 6.07) is 0. The molecule has 80 valence electrons. The van der Waals surface area contributed by atoms with E-state index in [1.807, 2.05) is 0 Å². The molecule has 0 radical (unpaired) electrons. The Labute approximate surface area is 87.1 Å². The fourth-order valence-corrected chi connectivity index (χ4v) is 1.97. The van der Waals surface area contributed by atoms with Crippen LogP contribution in [0.1, 0.15) is 60.3 Å². The van der Waals surface area contributed by atoms with E-state index in [0.29, 0.717) is 5.41 Å². The van der Waals surface area contributed by atoms with Crippen molar-refractivity contribution in [3.8, 4) is 0 Å². The lowest BCUT2D eigenvalue weighted by atomic mass is 9.79. The quantitative estimate of drug-likeness (QED) is 0.557. The molecule has 0 fully saturated rings. The Morgan fingerprint density at radius 3 is 2.15 bits per heavy atom. The van der Waals surface area contributed by atoms with E-state index < -0.39 is 0 Å². The first kappa shape index (κ1) is 13.4. The van der Waals surface area contributed by atoms with Gasteiger partial charge in [-0.1, -0.05) is 41.0 Å². The topological polar surface area (TPSA) is 0 Å². The van der Waals surface area contributed by atoms with Crippen molar-refractivity contribution < 1.29 is 0 Å². The maximum Gasteiger partial charge on any atom is -0.0292 e. The normalized spacial score (nSPS) is 17.1. The van der Waals surface area contributed by atoms with Crippen LogP contribution in [0, 0.1) is 11.3 Å². The van der Waals surface area contributed by atoms with Crippen LogP contribution in [-0.2, 0) is 0 Å². The minimum atomic E-state index is 0.542. The third kappa shape index (κ3) is 7.50. The summed E-state index contributed by atoms with van der Waals surface area (Å²) in [7, 11) is 2.89. The zero-order valence-corrected chi connectivity index (χ0v) is 11.2. The molecule has 1 heteroatoms. The van der Waals surface area contributed by atoms with Crippen LogP contribution in [0.25, 0.3) is 0 Å². The molecule has 0 aromatic rings. The molecule has 0 saturated carbocycles. The van der Waals surface area contributed by atoms with Gasteiger partial charge in [-0.05, 0) is 36.3 Å². The van der Waals surface area contributed by atoms with Crippen molar-refractivity contribution in [2.24, 2.45) is 11.3 Å². The molecule has 0 aliphatic rings. The molecule has 0 aromatic heterocycles. The number of hydrogen-bond donors (Lipinski definition) is 0. The summed E-state index contributed by atoms with van der Waals surface area (Å²) >= 11 is 0. The summed E-state index contributed by atoms with van der Waals surface area (Å²) in [5.74, 6) is 0.884. The van der Waals surface area contributed by atoms with E-state index in [0.717, 1.165) is 11.6 Å². The van der Waals surface area contributed by atoms with Crippen molar-refractivity contribution in [2.45, 2.75) is 66.0 Å². The molecule has 0 saturated heterocycles. The summed E-state index contributed by atoms with van der Waals surface area (Å²) in [5.41, 5.74) is 1.32. The van der Waals surface area contributed by atoms with Crippen LogP contribution in [0.4, 0.5) is 0 Å². The summed E-state index contributed by atoms with van der Waals surface area (Å²) in [5, 5.41) is 0. The highest BCUT2D eigenvalue weighted by Gasteiger charge is 2.20. The largest absolute Gasteiger partial charge is 0.135 e. The van der Waals surface area contributed by atoms with E-state index in [1.54, 1.807) is 0 Å². The lowest BCUT2D eigenvalue weighted by Gasteiger charge is -2.28. The lowest BCUT2D eigenvalue weighted by Crippen LogP contribution is -2.16. The Kier molecular flexibility index (Phi) is 6.21. The molecule has 0 amide bonds. The van der Waals surface area contributed by atoms with Gasteiger partial charge in [-0.25, -0.2) is 0 Å². The zero-order chi connectivity index (χ0) is 10.5. The number of hydrogen-bond acceptors (Lipinski definition) is 0. The zero-order valence-electron chi connectivity index (χ0n) is 10.1. The van der Waals surface area contributed by atoms with Crippen LogP contribution in [0.5, 0.6) is 0 Å². The predicted molar refractivity (Wildman–Crippen MR) is 66.3 cm³/mol. The first-order valence-electron chi connectivity index (χ1n) is 5.63. The second kappa shape index (κ2) is 6.02. The summed E-state index contributed by atoms with van der Waals surface area (Å²) in [4.78, 5) is 0. The molecule has 0 heterocycles. The smallest absolute Gasteiger partial charge is 0.0292 e. The maximum atomic E-state index is 2.89. The minimum absolute atomic E-state index is 0.542. The molecule has 0 rings (SSSR count). The molecule has 0 aliphatic carbocycles. The van der Waals surface area contributed by atoms with Gasteiger partial charge < -0.3 is 0 Å². The third-order valence-electron chi connectivity index (χ3n) is 2.87. The monoisotopic (exact) mass is 202 g/mol. The van der Waals surface area contributed by atoms with Gasteiger partial charge in [0.2, 0.25) is 0 Å². The molecule has 0 aliphatic heterocycles. The van der Waals surface area contributed by atoms with E-state index >= 15 is 0 Å². The van der Waals surface area contributed by atoms with Crippen LogP contribution < -0.4 is 0 Å². The van der Waals surface area contributed by atoms with Gasteiger partial charge >= 0.3 is 0 Å². The molecular weight excluding hydrogens is 175 g/mol. The average molecular weight is 202 g/mol. The molecule has 3 atom stereocenters. The summed E-state index contributed by atoms with van der Waals surface area (Å²) in [6.45, 7) is 11.8. The number of rotatable bonds is 6. The Balaban J connectivity index is 3.79. The molecule has 13 heavy (non-hydrogen) atoms. The van der Waals surface area contributed by atoms with Crippen molar-refractivity contribution in [1.82, 2.24) is 0 Å². The molecule has 0 N–H and O–H groups in total. The van der Waals surface area contributed by atoms with Gasteiger partial charge in [0.15, 0.2) is 0 Å².